The second-order valence-corrected chi connectivity index (χ2v) is 6.94. The number of carbonyl (C=O) groups is 1. The molecule has 7 nitrogen and oxygen atoms in total. The SMILES string of the molecule is Cc1noc(=O)n1C/C=C/CCC(C)(N=Cc1ccc(Cl)c(Cl)c1)C(=O)O. The smallest absolute Gasteiger partial charge is 0.441 e. The van der Waals surface area contributed by atoms with Crippen LogP contribution in [-0.4, -0.2) is 32.6 Å². The summed E-state index contributed by atoms with van der Waals surface area (Å²) >= 11 is 11.8. The molecule has 1 heterocycles. The Morgan fingerprint density at radius 2 is 2.11 bits per heavy atom. The van der Waals surface area contributed by atoms with Gasteiger partial charge in [-0.3, -0.25) is 14.1 Å². The largest absolute Gasteiger partial charge is 0.479 e. The average molecular weight is 412 g/mol. The molecule has 0 bridgehead atoms. The van der Waals surface area contributed by atoms with Gasteiger partial charge in [-0.25, -0.2) is 9.59 Å². The number of aliphatic carboxylic acids is 1. The highest BCUT2D eigenvalue weighted by Gasteiger charge is 2.30. The quantitative estimate of drug-likeness (QED) is 0.526. The maximum absolute atomic E-state index is 11.7. The number of aromatic nitrogens is 2. The molecule has 9 heteroatoms. The zero-order valence-electron chi connectivity index (χ0n) is 14.9. The number of hydrogen-bond acceptors (Lipinski definition) is 5. The van der Waals surface area contributed by atoms with Crippen LogP contribution in [0.25, 0.3) is 0 Å². The van der Waals surface area contributed by atoms with Gasteiger partial charge < -0.3 is 5.11 Å². The van der Waals surface area contributed by atoms with Crippen LogP contribution in [0.4, 0.5) is 0 Å². The first-order valence-corrected chi connectivity index (χ1v) is 8.90. The van der Waals surface area contributed by atoms with Crippen molar-refractivity contribution in [1.82, 2.24) is 9.72 Å². The molecule has 0 saturated carbocycles. The van der Waals surface area contributed by atoms with E-state index in [0.717, 1.165) is 0 Å². The number of halogens is 2. The Morgan fingerprint density at radius 1 is 1.37 bits per heavy atom. The third kappa shape index (κ3) is 5.55. The third-order valence-corrected chi connectivity index (χ3v) is 4.76. The van der Waals surface area contributed by atoms with Crippen LogP contribution in [0.1, 0.15) is 31.2 Å². The topological polar surface area (TPSA) is 97.7 Å². The van der Waals surface area contributed by atoms with E-state index in [0.29, 0.717) is 34.4 Å². The van der Waals surface area contributed by atoms with Crippen LogP contribution in [0.15, 0.2) is 44.7 Å². The number of nitrogens with zero attached hydrogens (tertiary/aromatic N) is 3. The van der Waals surface area contributed by atoms with Gasteiger partial charge in [0.1, 0.15) is 0 Å². The van der Waals surface area contributed by atoms with Crippen LogP contribution in [0, 0.1) is 6.92 Å². The molecule has 2 aromatic rings. The summed E-state index contributed by atoms with van der Waals surface area (Å²) in [7, 11) is 0. The Kier molecular flexibility index (Phi) is 6.98. The Bertz CT molecular complexity index is 933. The van der Waals surface area contributed by atoms with Crippen LogP contribution >= 0.6 is 23.2 Å². The first kappa shape index (κ1) is 20.9. The Hall–Kier alpha value is -2.38. The summed E-state index contributed by atoms with van der Waals surface area (Å²) in [4.78, 5) is 27.3. The van der Waals surface area contributed by atoms with Crippen molar-refractivity contribution in [3.05, 3.63) is 62.3 Å². The highest BCUT2D eigenvalue weighted by molar-refractivity contribution is 6.42. The van der Waals surface area contributed by atoms with E-state index in [1.54, 1.807) is 44.2 Å². The maximum Gasteiger partial charge on any atom is 0.441 e. The zero-order chi connectivity index (χ0) is 20.0. The highest BCUT2D eigenvalue weighted by Crippen LogP contribution is 2.23. The number of carboxylic acids is 1. The minimum atomic E-state index is -1.29. The van der Waals surface area contributed by atoms with E-state index in [1.165, 1.54) is 10.8 Å². The van der Waals surface area contributed by atoms with Gasteiger partial charge in [-0.05, 0) is 44.4 Å². The predicted octanol–water partition coefficient (Wildman–Crippen LogP) is 3.75. The van der Waals surface area contributed by atoms with Gasteiger partial charge >= 0.3 is 11.7 Å². The molecule has 0 aliphatic heterocycles. The molecule has 0 aliphatic rings. The average Bonchev–Trinajstić information content (AvgIpc) is 2.94. The van der Waals surface area contributed by atoms with Gasteiger partial charge in [0.25, 0.3) is 0 Å². The summed E-state index contributed by atoms with van der Waals surface area (Å²) in [6.07, 6.45) is 5.79. The molecule has 1 aromatic carbocycles. The predicted molar refractivity (Wildman–Crippen MR) is 104 cm³/mol. The van der Waals surface area contributed by atoms with Crippen molar-refractivity contribution in [1.29, 1.82) is 0 Å². The lowest BCUT2D eigenvalue weighted by atomic mass is 9.96. The fraction of sp³-hybridized carbons (Fsp3) is 0.333. The molecule has 1 aromatic heterocycles. The van der Waals surface area contributed by atoms with Crippen molar-refractivity contribution in [2.24, 2.45) is 4.99 Å². The monoisotopic (exact) mass is 411 g/mol. The zero-order valence-corrected chi connectivity index (χ0v) is 16.4. The maximum atomic E-state index is 11.7. The Morgan fingerprint density at radius 3 is 2.70 bits per heavy atom. The van der Waals surface area contributed by atoms with Gasteiger partial charge in [-0.15, -0.1) is 0 Å². The Labute approximate surface area is 165 Å². The molecule has 144 valence electrons. The molecule has 0 saturated heterocycles. The number of allylic oxidation sites excluding steroid dienone is 2. The number of hydrogen-bond donors (Lipinski definition) is 1. The van der Waals surface area contributed by atoms with E-state index in [9.17, 15) is 14.7 Å². The van der Waals surface area contributed by atoms with E-state index in [4.69, 9.17) is 23.2 Å². The molecule has 1 N–H and O–H groups in total. The number of aliphatic imine (C=N–C) groups is 1. The summed E-state index contributed by atoms with van der Waals surface area (Å²) in [5, 5.41) is 13.9. The second kappa shape index (κ2) is 9.01. The molecular formula is C18H19Cl2N3O4. The van der Waals surface area contributed by atoms with Crippen LogP contribution < -0.4 is 5.76 Å². The van der Waals surface area contributed by atoms with Crippen LogP contribution in [-0.2, 0) is 11.3 Å². The van der Waals surface area contributed by atoms with E-state index in [2.05, 4.69) is 14.7 Å². The Balaban J connectivity index is 2.00. The standard InChI is InChI=1S/C18H19Cl2N3O4/c1-12-22-27-17(26)23(12)9-5-3-4-8-18(2,16(24)25)21-11-13-6-7-14(19)15(20)10-13/h3,5-7,10-11H,4,8-9H2,1-2H3,(H,24,25)/b5-3+,21-11?. The van der Waals surface area contributed by atoms with Gasteiger partial charge in [0.05, 0.1) is 10.0 Å². The van der Waals surface area contributed by atoms with E-state index >= 15 is 0 Å². The van der Waals surface area contributed by atoms with Gasteiger partial charge in [0.2, 0.25) is 0 Å². The van der Waals surface area contributed by atoms with Gasteiger partial charge in [0, 0.05) is 12.8 Å². The molecule has 0 spiro atoms. The van der Waals surface area contributed by atoms with Gasteiger partial charge in [0.15, 0.2) is 11.4 Å². The van der Waals surface area contributed by atoms with Gasteiger partial charge in [-0.1, -0.05) is 46.6 Å². The molecule has 1 atom stereocenters. The molecule has 2 rings (SSSR count). The molecule has 27 heavy (non-hydrogen) atoms. The van der Waals surface area contributed by atoms with Crippen molar-refractivity contribution >= 4 is 35.4 Å². The van der Waals surface area contributed by atoms with Crippen LogP contribution in [0.2, 0.25) is 10.0 Å². The molecule has 0 aliphatic carbocycles. The van der Waals surface area contributed by atoms with Crippen molar-refractivity contribution in [3.8, 4) is 0 Å². The minimum absolute atomic E-state index is 0.286. The summed E-state index contributed by atoms with van der Waals surface area (Å²) < 4.78 is 5.91. The van der Waals surface area contributed by atoms with Crippen molar-refractivity contribution in [2.45, 2.75) is 38.8 Å². The molecule has 0 fully saturated rings. The van der Waals surface area contributed by atoms with Crippen molar-refractivity contribution < 1.29 is 14.4 Å². The van der Waals surface area contributed by atoms with Crippen molar-refractivity contribution in [3.63, 3.8) is 0 Å². The summed E-state index contributed by atoms with van der Waals surface area (Å²) in [6, 6.07) is 4.95. The van der Waals surface area contributed by atoms with Gasteiger partial charge in [-0.2, -0.15) is 0 Å². The molecule has 1 unspecified atom stereocenters. The fourth-order valence-corrected chi connectivity index (χ4v) is 2.55. The lowest BCUT2D eigenvalue weighted by Gasteiger charge is -2.19. The van der Waals surface area contributed by atoms with Crippen LogP contribution in [0.5, 0.6) is 0 Å². The van der Waals surface area contributed by atoms with E-state index < -0.39 is 17.3 Å². The third-order valence-electron chi connectivity index (χ3n) is 4.02. The first-order valence-electron chi connectivity index (χ1n) is 8.15. The normalized spacial score (nSPS) is 14.1. The number of rotatable bonds is 8. The first-order chi connectivity index (χ1) is 12.7. The second-order valence-electron chi connectivity index (χ2n) is 6.13. The summed E-state index contributed by atoms with van der Waals surface area (Å²) in [5.41, 5.74) is -0.629. The molecule has 0 amide bonds. The lowest BCUT2D eigenvalue weighted by molar-refractivity contribution is -0.142. The molecular weight excluding hydrogens is 393 g/mol. The number of carboxylic acid groups (broad SMARTS) is 1. The van der Waals surface area contributed by atoms with E-state index in [-0.39, 0.29) is 6.42 Å². The number of aryl methyl sites for hydroxylation is 1. The van der Waals surface area contributed by atoms with Crippen LogP contribution in [0.3, 0.4) is 0 Å². The summed E-state index contributed by atoms with van der Waals surface area (Å²) in [6.45, 7) is 3.52. The highest BCUT2D eigenvalue weighted by atomic mass is 35.5. The van der Waals surface area contributed by atoms with E-state index in [1.807, 2.05) is 0 Å². The minimum Gasteiger partial charge on any atom is -0.479 e. The fourth-order valence-electron chi connectivity index (χ4n) is 2.24. The summed E-state index contributed by atoms with van der Waals surface area (Å²) in [5.74, 6) is -1.08. The lowest BCUT2D eigenvalue weighted by Crippen LogP contribution is -2.33. The van der Waals surface area contributed by atoms with Crippen molar-refractivity contribution in [2.75, 3.05) is 0 Å². The molecule has 0 radical (unpaired) electrons. The number of benzene rings is 1.